The summed E-state index contributed by atoms with van der Waals surface area (Å²) in [4.78, 5) is 8.41. The van der Waals surface area contributed by atoms with Crippen molar-refractivity contribution in [1.82, 2.24) is 20.8 Å². The number of nitrogens with one attached hydrogen (secondary N) is 2. The lowest BCUT2D eigenvalue weighted by molar-refractivity contribution is 0.371. The monoisotopic (exact) mass is 319 g/mol. The molecule has 0 fully saturated rings. The Morgan fingerprint density at radius 2 is 2.09 bits per heavy atom. The number of benzene rings is 1. The molecule has 0 saturated carbocycles. The Morgan fingerprint density at radius 3 is 2.74 bits per heavy atom. The van der Waals surface area contributed by atoms with Crippen LogP contribution in [0.25, 0.3) is 0 Å². The normalized spacial score (nSPS) is 11.8. The van der Waals surface area contributed by atoms with Crippen molar-refractivity contribution in [2.75, 3.05) is 13.6 Å². The molecule has 0 atom stereocenters. The minimum Gasteiger partial charge on any atom is -0.356 e. The van der Waals surface area contributed by atoms with Gasteiger partial charge >= 0.3 is 0 Å². The highest BCUT2D eigenvalue weighted by Gasteiger charge is 2.09. The van der Waals surface area contributed by atoms with Crippen molar-refractivity contribution >= 4 is 5.96 Å². The van der Waals surface area contributed by atoms with Gasteiger partial charge in [-0.25, -0.2) is 4.39 Å². The van der Waals surface area contributed by atoms with Crippen LogP contribution in [0.1, 0.15) is 37.0 Å². The van der Waals surface area contributed by atoms with Gasteiger partial charge in [0.25, 0.3) is 0 Å². The lowest BCUT2D eigenvalue weighted by Gasteiger charge is -2.11. The fourth-order valence-corrected chi connectivity index (χ4v) is 1.93. The highest BCUT2D eigenvalue weighted by molar-refractivity contribution is 5.79. The molecular weight excluding hydrogens is 297 g/mol. The molecule has 0 aliphatic rings. The fraction of sp³-hybridized carbons (Fsp3) is 0.438. The van der Waals surface area contributed by atoms with Crippen LogP contribution < -0.4 is 10.6 Å². The van der Waals surface area contributed by atoms with E-state index in [0.29, 0.717) is 42.7 Å². The predicted molar refractivity (Wildman–Crippen MR) is 86.7 cm³/mol. The van der Waals surface area contributed by atoms with Crippen molar-refractivity contribution < 1.29 is 8.91 Å². The van der Waals surface area contributed by atoms with Crippen molar-refractivity contribution in [3.05, 3.63) is 47.4 Å². The minimum absolute atomic E-state index is 0.234. The zero-order valence-corrected chi connectivity index (χ0v) is 13.6. The van der Waals surface area contributed by atoms with Crippen molar-refractivity contribution in [3.63, 3.8) is 0 Å². The second kappa shape index (κ2) is 8.26. The number of halogens is 1. The van der Waals surface area contributed by atoms with Crippen molar-refractivity contribution in [1.29, 1.82) is 0 Å². The first-order valence-electron chi connectivity index (χ1n) is 7.60. The van der Waals surface area contributed by atoms with Crippen LogP contribution in [-0.4, -0.2) is 29.7 Å². The fourth-order valence-electron chi connectivity index (χ4n) is 1.93. The molecule has 1 aromatic carbocycles. The summed E-state index contributed by atoms with van der Waals surface area (Å²) in [5, 5.41) is 10.1. The Labute approximate surface area is 135 Å². The van der Waals surface area contributed by atoms with E-state index < -0.39 is 0 Å². The predicted octanol–water partition coefficient (Wildman–Crippen LogP) is 2.24. The van der Waals surface area contributed by atoms with E-state index >= 15 is 0 Å². The molecule has 1 aromatic heterocycles. The zero-order chi connectivity index (χ0) is 16.7. The second-order valence-corrected chi connectivity index (χ2v) is 5.39. The van der Waals surface area contributed by atoms with Crippen LogP contribution in [0.3, 0.4) is 0 Å². The molecule has 0 unspecified atom stereocenters. The summed E-state index contributed by atoms with van der Waals surface area (Å²) in [6.45, 7) is 4.99. The van der Waals surface area contributed by atoms with E-state index in [1.807, 2.05) is 13.8 Å². The maximum Gasteiger partial charge on any atom is 0.228 e. The smallest absolute Gasteiger partial charge is 0.228 e. The van der Waals surface area contributed by atoms with E-state index in [-0.39, 0.29) is 11.7 Å². The first-order valence-corrected chi connectivity index (χ1v) is 7.60. The molecule has 23 heavy (non-hydrogen) atoms. The van der Waals surface area contributed by atoms with Crippen LogP contribution in [0.15, 0.2) is 33.8 Å². The first-order chi connectivity index (χ1) is 11.1. The van der Waals surface area contributed by atoms with E-state index in [1.165, 1.54) is 6.07 Å². The van der Waals surface area contributed by atoms with Gasteiger partial charge in [0.2, 0.25) is 5.89 Å². The number of aliphatic imine (C=N–C) groups is 1. The first kappa shape index (κ1) is 16.9. The van der Waals surface area contributed by atoms with Gasteiger partial charge in [-0.3, -0.25) is 4.99 Å². The van der Waals surface area contributed by atoms with Gasteiger partial charge in [-0.1, -0.05) is 37.2 Å². The molecule has 124 valence electrons. The van der Waals surface area contributed by atoms with Gasteiger partial charge in [-0.15, -0.1) is 0 Å². The number of aromatic nitrogens is 2. The topological polar surface area (TPSA) is 75.3 Å². The van der Waals surface area contributed by atoms with Crippen LogP contribution in [0.2, 0.25) is 0 Å². The Kier molecular flexibility index (Phi) is 6.08. The molecule has 2 N–H and O–H groups in total. The summed E-state index contributed by atoms with van der Waals surface area (Å²) in [5.74, 6) is 1.91. The molecule has 0 bridgehead atoms. The van der Waals surface area contributed by atoms with Crippen LogP contribution in [0, 0.1) is 5.82 Å². The van der Waals surface area contributed by atoms with Crippen LogP contribution in [-0.2, 0) is 13.0 Å². The summed E-state index contributed by atoms with van der Waals surface area (Å²) in [7, 11) is 1.67. The third-order valence-electron chi connectivity index (χ3n) is 3.26. The molecule has 0 amide bonds. The Bertz CT molecular complexity index is 653. The quantitative estimate of drug-likeness (QED) is 0.631. The molecule has 0 spiro atoms. The van der Waals surface area contributed by atoms with E-state index in [0.717, 1.165) is 0 Å². The Morgan fingerprint density at radius 1 is 1.30 bits per heavy atom. The zero-order valence-electron chi connectivity index (χ0n) is 13.6. The Hall–Kier alpha value is -2.44. The van der Waals surface area contributed by atoms with Gasteiger partial charge < -0.3 is 15.2 Å². The van der Waals surface area contributed by atoms with E-state index in [9.17, 15) is 4.39 Å². The van der Waals surface area contributed by atoms with E-state index in [4.69, 9.17) is 4.52 Å². The molecular formula is C16H22FN5O. The number of nitrogens with zero attached hydrogens (tertiary/aromatic N) is 3. The maximum absolute atomic E-state index is 13.6. The molecule has 0 aliphatic carbocycles. The number of guanidine groups is 1. The van der Waals surface area contributed by atoms with E-state index in [2.05, 4.69) is 25.8 Å². The van der Waals surface area contributed by atoms with Crippen molar-refractivity contribution in [2.24, 2.45) is 4.99 Å². The minimum atomic E-state index is -0.234. The van der Waals surface area contributed by atoms with Crippen molar-refractivity contribution in [2.45, 2.75) is 32.7 Å². The largest absolute Gasteiger partial charge is 0.356 e. The highest BCUT2D eigenvalue weighted by Crippen LogP contribution is 2.09. The molecule has 2 rings (SSSR count). The van der Waals surface area contributed by atoms with Gasteiger partial charge in [-0.2, -0.15) is 4.98 Å². The second-order valence-electron chi connectivity index (χ2n) is 5.39. The third kappa shape index (κ3) is 5.05. The summed E-state index contributed by atoms with van der Waals surface area (Å²) >= 11 is 0. The molecule has 7 heteroatoms. The molecule has 1 heterocycles. The van der Waals surface area contributed by atoms with Gasteiger partial charge in [0.1, 0.15) is 5.82 Å². The van der Waals surface area contributed by atoms with Crippen LogP contribution >= 0.6 is 0 Å². The average Bonchev–Trinajstić information content (AvgIpc) is 3.01. The van der Waals surface area contributed by atoms with Gasteiger partial charge in [0.15, 0.2) is 11.8 Å². The molecule has 2 aromatic rings. The molecule has 0 radical (unpaired) electrons. The molecule has 0 aliphatic heterocycles. The summed E-state index contributed by atoms with van der Waals surface area (Å²) in [6.07, 6.45) is 0.597. The number of rotatable bonds is 6. The number of hydrogen-bond donors (Lipinski definition) is 2. The lowest BCUT2D eigenvalue weighted by atomic mass is 10.2. The van der Waals surface area contributed by atoms with E-state index in [1.54, 1.807) is 25.2 Å². The maximum atomic E-state index is 13.6. The van der Waals surface area contributed by atoms with Gasteiger partial charge in [0.05, 0.1) is 0 Å². The van der Waals surface area contributed by atoms with Crippen LogP contribution in [0.4, 0.5) is 4.39 Å². The van der Waals surface area contributed by atoms with Gasteiger partial charge in [-0.05, 0) is 6.07 Å². The third-order valence-corrected chi connectivity index (χ3v) is 3.26. The van der Waals surface area contributed by atoms with Crippen LogP contribution in [0.5, 0.6) is 0 Å². The summed E-state index contributed by atoms with van der Waals surface area (Å²) in [6, 6.07) is 6.65. The summed E-state index contributed by atoms with van der Waals surface area (Å²) < 4.78 is 18.7. The van der Waals surface area contributed by atoms with Gasteiger partial charge in [0, 0.05) is 38.0 Å². The number of hydrogen-bond acceptors (Lipinski definition) is 4. The molecule has 6 nitrogen and oxygen atoms in total. The average molecular weight is 319 g/mol. The molecule has 0 saturated heterocycles. The van der Waals surface area contributed by atoms with Crippen molar-refractivity contribution in [3.8, 4) is 0 Å². The highest BCUT2D eigenvalue weighted by atomic mass is 19.1. The summed E-state index contributed by atoms with van der Waals surface area (Å²) in [5.41, 5.74) is 0.592. The SMILES string of the molecule is CN=C(NCCc1nc(C(C)C)no1)NCc1ccccc1F. The Balaban J connectivity index is 1.78. The lowest BCUT2D eigenvalue weighted by Crippen LogP contribution is -2.38. The standard InChI is InChI=1S/C16H22FN5O/c1-11(2)15-21-14(23-22-15)8-9-19-16(18-3)20-10-12-6-4-5-7-13(12)17/h4-7,11H,8-10H2,1-3H3,(H2,18,19,20).